The molecule has 0 fully saturated rings. The maximum atomic E-state index is 6.24. The number of hydrogen-bond donors (Lipinski definition) is 1. The second kappa shape index (κ2) is 4.21. The van der Waals surface area contributed by atoms with E-state index in [4.69, 9.17) is 11.6 Å². The lowest BCUT2D eigenvalue weighted by atomic mass is 10.0. The summed E-state index contributed by atoms with van der Waals surface area (Å²) in [7, 11) is 0. The molecule has 2 heterocycles. The van der Waals surface area contributed by atoms with E-state index in [1.165, 1.54) is 22.0 Å². The first kappa shape index (κ1) is 10.9. The minimum absolute atomic E-state index is 0.839. The summed E-state index contributed by atoms with van der Waals surface area (Å²) in [6.07, 6.45) is 3.01. The zero-order chi connectivity index (χ0) is 11.8. The van der Waals surface area contributed by atoms with Crippen LogP contribution in [-0.4, -0.2) is 4.98 Å². The van der Waals surface area contributed by atoms with E-state index in [0.29, 0.717) is 0 Å². The summed E-state index contributed by atoms with van der Waals surface area (Å²) >= 11 is 7.93. The number of fused-ring (bicyclic) bond motifs is 1. The molecule has 3 rings (SSSR count). The van der Waals surface area contributed by atoms with Crippen molar-refractivity contribution in [2.45, 2.75) is 13.3 Å². The van der Waals surface area contributed by atoms with Crippen LogP contribution in [0.4, 0.5) is 0 Å². The number of aryl methyl sites for hydroxylation is 1. The summed E-state index contributed by atoms with van der Waals surface area (Å²) in [6.45, 7) is 2.17. The monoisotopic (exact) mass is 261 g/mol. The molecule has 0 aliphatic rings. The zero-order valence-corrected chi connectivity index (χ0v) is 11.0. The van der Waals surface area contributed by atoms with Gasteiger partial charge in [0.25, 0.3) is 0 Å². The Bertz CT molecular complexity index is 666. The summed E-state index contributed by atoms with van der Waals surface area (Å²) < 4.78 is 0. The van der Waals surface area contributed by atoms with Crippen LogP contribution in [0.15, 0.2) is 35.8 Å². The molecule has 1 N–H and O–H groups in total. The molecule has 0 radical (unpaired) electrons. The van der Waals surface area contributed by atoms with Gasteiger partial charge in [0.05, 0.1) is 9.90 Å². The third-order valence-corrected chi connectivity index (χ3v) is 4.37. The van der Waals surface area contributed by atoms with Gasteiger partial charge in [-0.15, -0.1) is 11.3 Å². The highest BCUT2D eigenvalue weighted by atomic mass is 35.5. The molecule has 0 bridgehead atoms. The predicted octanol–water partition coefficient (Wildman–Crippen LogP) is 5.11. The van der Waals surface area contributed by atoms with E-state index >= 15 is 0 Å². The summed E-state index contributed by atoms with van der Waals surface area (Å²) in [6, 6.07) is 8.52. The van der Waals surface area contributed by atoms with Crippen molar-refractivity contribution in [3.05, 3.63) is 46.4 Å². The molecule has 1 nitrogen and oxygen atoms in total. The van der Waals surface area contributed by atoms with E-state index in [1.807, 2.05) is 17.6 Å². The van der Waals surface area contributed by atoms with Gasteiger partial charge in [0.2, 0.25) is 0 Å². The first-order valence-electron chi connectivity index (χ1n) is 5.63. The summed E-state index contributed by atoms with van der Waals surface area (Å²) in [4.78, 5) is 4.44. The van der Waals surface area contributed by atoms with Gasteiger partial charge in [0, 0.05) is 22.7 Å². The van der Waals surface area contributed by atoms with Gasteiger partial charge in [-0.1, -0.05) is 18.5 Å². The topological polar surface area (TPSA) is 15.8 Å². The van der Waals surface area contributed by atoms with Crippen LogP contribution < -0.4 is 0 Å². The lowest BCUT2D eigenvalue weighted by Gasteiger charge is -2.05. The Balaban J connectivity index is 2.34. The molecule has 0 amide bonds. The average molecular weight is 262 g/mol. The number of H-pyrrole nitrogens is 1. The number of nitrogens with one attached hydrogen (secondary N) is 1. The minimum atomic E-state index is 0.839. The highest BCUT2D eigenvalue weighted by molar-refractivity contribution is 7.14. The summed E-state index contributed by atoms with van der Waals surface area (Å²) in [5.74, 6) is 0. The second-order valence-electron chi connectivity index (χ2n) is 4.03. The fourth-order valence-electron chi connectivity index (χ4n) is 2.10. The van der Waals surface area contributed by atoms with Crippen molar-refractivity contribution < 1.29 is 0 Å². The Kier molecular flexibility index (Phi) is 2.69. The van der Waals surface area contributed by atoms with Crippen LogP contribution in [0.25, 0.3) is 21.3 Å². The number of thiophene rings is 1. The third-order valence-electron chi connectivity index (χ3n) is 3.00. The van der Waals surface area contributed by atoms with Crippen LogP contribution in [-0.2, 0) is 6.42 Å². The number of aromatic nitrogens is 1. The highest BCUT2D eigenvalue weighted by Gasteiger charge is 2.10. The fourth-order valence-corrected chi connectivity index (χ4v) is 3.29. The number of aromatic amines is 1. The van der Waals surface area contributed by atoms with Gasteiger partial charge in [-0.25, -0.2) is 0 Å². The van der Waals surface area contributed by atoms with Crippen molar-refractivity contribution >= 4 is 33.8 Å². The van der Waals surface area contributed by atoms with Crippen molar-refractivity contribution in [1.29, 1.82) is 0 Å². The number of halogens is 1. The number of hydrogen-bond acceptors (Lipinski definition) is 1. The van der Waals surface area contributed by atoms with Crippen molar-refractivity contribution in [3.8, 4) is 10.4 Å². The highest BCUT2D eigenvalue weighted by Crippen LogP contribution is 2.38. The van der Waals surface area contributed by atoms with E-state index < -0.39 is 0 Å². The van der Waals surface area contributed by atoms with Crippen LogP contribution in [0.5, 0.6) is 0 Å². The van der Waals surface area contributed by atoms with Gasteiger partial charge >= 0.3 is 0 Å². The van der Waals surface area contributed by atoms with E-state index in [-0.39, 0.29) is 0 Å². The molecule has 3 aromatic rings. The SMILES string of the molecule is CCc1cc(-c2sccc2Cl)c2cc[nH]c2c1. The largest absolute Gasteiger partial charge is 0.361 e. The quantitative estimate of drug-likeness (QED) is 0.660. The maximum absolute atomic E-state index is 6.24. The third kappa shape index (κ3) is 1.78. The van der Waals surface area contributed by atoms with E-state index in [1.54, 1.807) is 11.3 Å². The fraction of sp³-hybridized carbons (Fsp3) is 0.143. The lowest BCUT2D eigenvalue weighted by Crippen LogP contribution is -1.84. The standard InChI is InChI=1S/C14H12ClNS/c1-2-9-7-11(14-12(15)4-6-17-14)10-3-5-16-13(10)8-9/h3-8,16H,2H2,1H3. The molecule has 2 aromatic heterocycles. The van der Waals surface area contributed by atoms with Gasteiger partial charge in [0.15, 0.2) is 0 Å². The van der Waals surface area contributed by atoms with Gasteiger partial charge in [-0.2, -0.15) is 0 Å². The molecule has 0 atom stereocenters. The number of rotatable bonds is 2. The van der Waals surface area contributed by atoms with Crippen molar-refractivity contribution in [2.24, 2.45) is 0 Å². The molecule has 0 spiro atoms. The molecule has 86 valence electrons. The molecular formula is C14H12ClNS. The van der Waals surface area contributed by atoms with E-state index in [0.717, 1.165) is 16.3 Å². The van der Waals surface area contributed by atoms with E-state index in [9.17, 15) is 0 Å². The van der Waals surface area contributed by atoms with Crippen LogP contribution in [0.1, 0.15) is 12.5 Å². The van der Waals surface area contributed by atoms with Gasteiger partial charge < -0.3 is 4.98 Å². The normalized spacial score (nSPS) is 11.2. The van der Waals surface area contributed by atoms with Crippen molar-refractivity contribution in [2.75, 3.05) is 0 Å². The van der Waals surface area contributed by atoms with E-state index in [2.05, 4.69) is 30.1 Å². The van der Waals surface area contributed by atoms with Gasteiger partial charge in [-0.3, -0.25) is 0 Å². The number of benzene rings is 1. The Hall–Kier alpha value is -1.25. The molecule has 0 unspecified atom stereocenters. The molecule has 0 aliphatic carbocycles. The van der Waals surface area contributed by atoms with Crippen LogP contribution in [0, 0.1) is 0 Å². The molecule has 3 heteroatoms. The molecule has 17 heavy (non-hydrogen) atoms. The first-order valence-corrected chi connectivity index (χ1v) is 6.88. The first-order chi connectivity index (χ1) is 8.29. The Morgan fingerprint density at radius 1 is 1.29 bits per heavy atom. The van der Waals surface area contributed by atoms with Gasteiger partial charge in [-0.05, 0) is 41.6 Å². The molecule has 1 aromatic carbocycles. The van der Waals surface area contributed by atoms with Crippen LogP contribution in [0.2, 0.25) is 5.02 Å². The summed E-state index contributed by atoms with van der Waals surface area (Å²) in [5, 5.41) is 4.12. The smallest absolute Gasteiger partial charge is 0.0592 e. The lowest BCUT2D eigenvalue weighted by molar-refractivity contribution is 1.15. The van der Waals surface area contributed by atoms with Crippen LogP contribution >= 0.6 is 22.9 Å². The molecule has 0 aliphatic heterocycles. The predicted molar refractivity (Wildman–Crippen MR) is 76.0 cm³/mol. The zero-order valence-electron chi connectivity index (χ0n) is 9.46. The van der Waals surface area contributed by atoms with Crippen molar-refractivity contribution in [1.82, 2.24) is 4.98 Å². The molecule has 0 saturated heterocycles. The average Bonchev–Trinajstić information content (AvgIpc) is 2.95. The summed E-state index contributed by atoms with van der Waals surface area (Å²) in [5.41, 5.74) is 3.75. The van der Waals surface area contributed by atoms with Crippen molar-refractivity contribution in [3.63, 3.8) is 0 Å². The Morgan fingerprint density at radius 2 is 2.18 bits per heavy atom. The van der Waals surface area contributed by atoms with Crippen LogP contribution in [0.3, 0.4) is 0 Å². The minimum Gasteiger partial charge on any atom is -0.361 e. The molecular weight excluding hydrogens is 250 g/mol. The second-order valence-corrected chi connectivity index (χ2v) is 5.36. The maximum Gasteiger partial charge on any atom is 0.0592 e. The Labute approximate surface area is 109 Å². The molecule has 0 saturated carbocycles. The van der Waals surface area contributed by atoms with Gasteiger partial charge in [0.1, 0.15) is 0 Å². The Morgan fingerprint density at radius 3 is 2.88 bits per heavy atom.